The lowest BCUT2D eigenvalue weighted by Crippen LogP contribution is -2.24. The Hall–Kier alpha value is -2.08. The Kier molecular flexibility index (Phi) is 4.95. The Morgan fingerprint density at radius 1 is 1.50 bits per heavy atom. The molecular formula is C14H17N3O2S. The van der Waals surface area contributed by atoms with E-state index < -0.39 is 0 Å². The summed E-state index contributed by atoms with van der Waals surface area (Å²) in [6.07, 6.45) is 0.312. The summed E-state index contributed by atoms with van der Waals surface area (Å²) < 4.78 is 5.47. The van der Waals surface area contributed by atoms with Crippen LogP contribution >= 0.6 is 11.3 Å². The molecule has 0 unspecified atom stereocenters. The van der Waals surface area contributed by atoms with E-state index >= 15 is 0 Å². The minimum absolute atomic E-state index is 0.0401. The van der Waals surface area contributed by atoms with Gasteiger partial charge in [0.15, 0.2) is 0 Å². The molecule has 1 aromatic heterocycles. The molecule has 2 rings (SSSR count). The monoisotopic (exact) mass is 291 g/mol. The molecule has 1 amide bonds. The van der Waals surface area contributed by atoms with Crippen molar-refractivity contribution in [3.63, 3.8) is 0 Å². The lowest BCUT2D eigenvalue weighted by Gasteiger charge is -2.07. The van der Waals surface area contributed by atoms with E-state index in [0.717, 1.165) is 10.6 Å². The van der Waals surface area contributed by atoms with Gasteiger partial charge in [-0.2, -0.15) is 0 Å². The number of carbonyl (C=O) groups excluding carboxylic acids is 1. The highest BCUT2D eigenvalue weighted by molar-refractivity contribution is 7.09. The fraction of sp³-hybridized carbons (Fsp3) is 0.286. The number of ether oxygens (including phenoxy) is 1. The van der Waals surface area contributed by atoms with Crippen LogP contribution in [0, 0.1) is 6.92 Å². The third kappa shape index (κ3) is 4.24. The van der Waals surface area contributed by atoms with Crippen molar-refractivity contribution < 1.29 is 9.53 Å². The van der Waals surface area contributed by atoms with E-state index in [2.05, 4.69) is 10.3 Å². The molecule has 0 fully saturated rings. The number of nitrogens with one attached hydrogen (secondary N) is 1. The number of nitrogen functional groups attached to an aromatic ring is 1. The standard InChI is InChI=1S/C14H17N3O2S/c1-10-13(20-9-17-10)8-16-14(18)5-6-19-12-4-2-3-11(15)7-12/h2-4,7,9H,5-6,8,15H2,1H3,(H,16,18). The van der Waals surface area contributed by atoms with Crippen molar-refractivity contribution in [2.45, 2.75) is 19.9 Å². The van der Waals surface area contributed by atoms with E-state index in [-0.39, 0.29) is 5.91 Å². The van der Waals surface area contributed by atoms with Crippen molar-refractivity contribution >= 4 is 22.9 Å². The Balaban J connectivity index is 1.69. The third-order valence-electron chi connectivity index (χ3n) is 2.75. The lowest BCUT2D eigenvalue weighted by molar-refractivity contribution is -0.121. The molecule has 0 saturated heterocycles. The van der Waals surface area contributed by atoms with Crippen LogP contribution < -0.4 is 15.8 Å². The number of aromatic nitrogens is 1. The van der Waals surface area contributed by atoms with E-state index in [4.69, 9.17) is 10.5 Å². The van der Waals surface area contributed by atoms with Gasteiger partial charge in [-0.05, 0) is 19.1 Å². The zero-order valence-electron chi connectivity index (χ0n) is 11.3. The molecule has 0 bridgehead atoms. The van der Waals surface area contributed by atoms with E-state index in [1.54, 1.807) is 29.0 Å². The average molecular weight is 291 g/mol. The Labute approximate surface area is 121 Å². The highest BCUT2D eigenvalue weighted by atomic mass is 32.1. The molecule has 0 spiro atoms. The first kappa shape index (κ1) is 14.3. The van der Waals surface area contributed by atoms with Crippen LogP contribution in [0.15, 0.2) is 29.8 Å². The van der Waals surface area contributed by atoms with Crippen molar-refractivity contribution in [3.05, 3.63) is 40.3 Å². The molecule has 2 aromatic rings. The summed E-state index contributed by atoms with van der Waals surface area (Å²) in [5.74, 6) is 0.637. The lowest BCUT2D eigenvalue weighted by atomic mass is 10.3. The molecule has 6 heteroatoms. The second-order valence-electron chi connectivity index (χ2n) is 4.31. The third-order valence-corrected chi connectivity index (χ3v) is 3.68. The molecule has 20 heavy (non-hydrogen) atoms. The first-order valence-electron chi connectivity index (χ1n) is 6.29. The number of hydrogen-bond donors (Lipinski definition) is 2. The first-order valence-corrected chi connectivity index (χ1v) is 7.17. The summed E-state index contributed by atoms with van der Waals surface area (Å²) in [5.41, 5.74) is 9.03. The van der Waals surface area contributed by atoms with Crippen LogP contribution in [0.25, 0.3) is 0 Å². The Bertz CT molecular complexity index is 583. The summed E-state index contributed by atoms with van der Waals surface area (Å²) in [4.78, 5) is 16.9. The maximum atomic E-state index is 11.7. The van der Waals surface area contributed by atoms with E-state index in [1.165, 1.54) is 0 Å². The van der Waals surface area contributed by atoms with Gasteiger partial charge in [0.2, 0.25) is 5.91 Å². The molecule has 0 atom stereocenters. The minimum atomic E-state index is -0.0401. The van der Waals surface area contributed by atoms with Crippen LogP contribution in [0.3, 0.4) is 0 Å². The van der Waals surface area contributed by atoms with Gasteiger partial charge in [-0.1, -0.05) is 6.07 Å². The summed E-state index contributed by atoms with van der Waals surface area (Å²) >= 11 is 1.54. The predicted molar refractivity (Wildman–Crippen MR) is 79.7 cm³/mol. The number of anilines is 1. The summed E-state index contributed by atoms with van der Waals surface area (Å²) in [6, 6.07) is 7.15. The van der Waals surface area contributed by atoms with Gasteiger partial charge in [-0.15, -0.1) is 11.3 Å². The van der Waals surface area contributed by atoms with Crippen LogP contribution in [0.4, 0.5) is 5.69 Å². The van der Waals surface area contributed by atoms with Crippen molar-refractivity contribution in [3.8, 4) is 5.75 Å². The zero-order chi connectivity index (χ0) is 14.4. The summed E-state index contributed by atoms with van der Waals surface area (Å²) in [5, 5.41) is 2.85. The zero-order valence-corrected chi connectivity index (χ0v) is 12.1. The molecule has 0 aliphatic heterocycles. The highest BCUT2D eigenvalue weighted by Crippen LogP contribution is 2.14. The van der Waals surface area contributed by atoms with Crippen LogP contribution in [0.1, 0.15) is 17.0 Å². The number of rotatable bonds is 6. The van der Waals surface area contributed by atoms with E-state index in [0.29, 0.717) is 31.0 Å². The van der Waals surface area contributed by atoms with Crippen LogP contribution in [0.5, 0.6) is 5.75 Å². The molecule has 0 saturated carbocycles. The van der Waals surface area contributed by atoms with Crippen LogP contribution in [0.2, 0.25) is 0 Å². The minimum Gasteiger partial charge on any atom is -0.493 e. The van der Waals surface area contributed by atoms with Gasteiger partial charge >= 0.3 is 0 Å². The highest BCUT2D eigenvalue weighted by Gasteiger charge is 2.05. The van der Waals surface area contributed by atoms with Crippen molar-refractivity contribution in [1.82, 2.24) is 10.3 Å². The smallest absolute Gasteiger partial charge is 0.223 e. The fourth-order valence-electron chi connectivity index (χ4n) is 1.63. The van der Waals surface area contributed by atoms with Crippen molar-refractivity contribution in [1.29, 1.82) is 0 Å². The molecule has 106 valence electrons. The quantitative estimate of drug-likeness (QED) is 0.799. The second-order valence-corrected chi connectivity index (χ2v) is 5.25. The van der Waals surface area contributed by atoms with Gasteiger partial charge in [0.25, 0.3) is 0 Å². The van der Waals surface area contributed by atoms with Gasteiger partial charge in [-0.25, -0.2) is 4.98 Å². The van der Waals surface area contributed by atoms with Gasteiger partial charge in [0, 0.05) is 16.6 Å². The fourth-order valence-corrected chi connectivity index (χ4v) is 2.35. The number of aryl methyl sites for hydroxylation is 1. The first-order chi connectivity index (χ1) is 9.65. The van der Waals surface area contributed by atoms with Gasteiger partial charge < -0.3 is 15.8 Å². The number of amides is 1. The average Bonchev–Trinajstić information content (AvgIpc) is 2.82. The van der Waals surface area contributed by atoms with E-state index in [9.17, 15) is 4.79 Å². The molecule has 5 nitrogen and oxygen atoms in total. The number of benzene rings is 1. The number of nitrogens with two attached hydrogens (primary N) is 1. The molecule has 3 N–H and O–H groups in total. The molecule has 0 aliphatic rings. The normalized spacial score (nSPS) is 10.2. The maximum absolute atomic E-state index is 11.7. The maximum Gasteiger partial charge on any atom is 0.223 e. The van der Waals surface area contributed by atoms with Crippen LogP contribution in [-0.2, 0) is 11.3 Å². The van der Waals surface area contributed by atoms with Crippen molar-refractivity contribution in [2.75, 3.05) is 12.3 Å². The second kappa shape index (κ2) is 6.91. The van der Waals surface area contributed by atoms with Gasteiger partial charge in [0.05, 0.1) is 30.8 Å². The Morgan fingerprint density at radius 2 is 2.35 bits per heavy atom. The van der Waals surface area contributed by atoms with Crippen LogP contribution in [-0.4, -0.2) is 17.5 Å². The topological polar surface area (TPSA) is 77.2 Å². The SMILES string of the molecule is Cc1ncsc1CNC(=O)CCOc1cccc(N)c1. The van der Waals surface area contributed by atoms with Gasteiger partial charge in [-0.3, -0.25) is 4.79 Å². The number of hydrogen-bond acceptors (Lipinski definition) is 5. The number of carbonyl (C=O) groups is 1. The van der Waals surface area contributed by atoms with Crippen molar-refractivity contribution in [2.24, 2.45) is 0 Å². The molecule has 1 heterocycles. The number of nitrogens with zero attached hydrogens (tertiary/aromatic N) is 1. The predicted octanol–water partition coefficient (Wildman–Crippen LogP) is 2.12. The Morgan fingerprint density at radius 3 is 3.05 bits per heavy atom. The molecule has 0 radical (unpaired) electrons. The molecule has 0 aliphatic carbocycles. The largest absolute Gasteiger partial charge is 0.493 e. The van der Waals surface area contributed by atoms with Gasteiger partial charge in [0.1, 0.15) is 5.75 Å². The van der Waals surface area contributed by atoms with E-state index in [1.807, 2.05) is 19.1 Å². The molecule has 1 aromatic carbocycles. The summed E-state index contributed by atoms with van der Waals surface area (Å²) in [7, 11) is 0. The number of thiazole rings is 1. The molecular weight excluding hydrogens is 274 g/mol. The summed E-state index contributed by atoms with van der Waals surface area (Å²) in [6.45, 7) is 2.78.